The molecule has 0 fully saturated rings. The number of carbonyl (C=O) groups is 1. The highest BCUT2D eigenvalue weighted by atomic mass is 32.2. The summed E-state index contributed by atoms with van der Waals surface area (Å²) < 4.78 is 22.7. The second-order valence-corrected chi connectivity index (χ2v) is 6.76. The van der Waals surface area contributed by atoms with Crippen LogP contribution in [0.1, 0.15) is 0 Å². The van der Waals surface area contributed by atoms with Crippen LogP contribution in [0.25, 0.3) is 5.69 Å². The van der Waals surface area contributed by atoms with Gasteiger partial charge >= 0.3 is 0 Å². The Morgan fingerprint density at radius 3 is 2.79 bits per heavy atom. The van der Waals surface area contributed by atoms with E-state index in [4.69, 9.17) is 18.9 Å². The Balaban J connectivity index is 1.41. The molecular formula is C18H17N5O5S. The zero-order chi connectivity index (χ0) is 20.2. The Labute approximate surface area is 170 Å². The Bertz CT molecular complexity index is 1040. The summed E-state index contributed by atoms with van der Waals surface area (Å²) in [5.41, 5.74) is 1.31. The van der Waals surface area contributed by atoms with Gasteiger partial charge in [0.1, 0.15) is 0 Å². The van der Waals surface area contributed by atoms with Gasteiger partial charge in [0.15, 0.2) is 23.0 Å². The first-order valence-corrected chi connectivity index (χ1v) is 9.49. The molecule has 1 N–H and O–H groups in total. The first-order valence-electron chi connectivity index (χ1n) is 8.51. The lowest BCUT2D eigenvalue weighted by Gasteiger charge is -2.10. The molecule has 0 spiro atoms. The first-order chi connectivity index (χ1) is 14.2. The minimum absolute atomic E-state index is 0.124. The molecule has 0 radical (unpaired) electrons. The number of fused-ring (bicyclic) bond motifs is 1. The summed E-state index contributed by atoms with van der Waals surface area (Å²) in [4.78, 5) is 12.3. The van der Waals surface area contributed by atoms with Crippen LogP contribution in [0.2, 0.25) is 0 Å². The number of hydrogen-bond donors (Lipinski definition) is 1. The number of carbonyl (C=O) groups excluding carboxylic acids is 1. The summed E-state index contributed by atoms with van der Waals surface area (Å²) in [5, 5.41) is 15.0. The van der Waals surface area contributed by atoms with Gasteiger partial charge in [0.2, 0.25) is 17.9 Å². The fourth-order valence-electron chi connectivity index (χ4n) is 2.69. The number of nitrogens with zero attached hydrogens (tertiary/aromatic N) is 4. The third-order valence-electron chi connectivity index (χ3n) is 4.04. The van der Waals surface area contributed by atoms with Crippen molar-refractivity contribution < 1.29 is 23.7 Å². The Kier molecular flexibility index (Phi) is 5.38. The van der Waals surface area contributed by atoms with Gasteiger partial charge in [-0.3, -0.25) is 4.79 Å². The van der Waals surface area contributed by atoms with Crippen LogP contribution in [-0.2, 0) is 4.79 Å². The van der Waals surface area contributed by atoms with Gasteiger partial charge in [-0.2, -0.15) is 4.68 Å². The molecule has 0 aliphatic carbocycles. The van der Waals surface area contributed by atoms with E-state index >= 15 is 0 Å². The molecule has 1 aliphatic rings. The van der Waals surface area contributed by atoms with Crippen molar-refractivity contribution in [1.29, 1.82) is 0 Å². The number of anilines is 1. The van der Waals surface area contributed by atoms with Crippen molar-refractivity contribution in [3.8, 4) is 28.7 Å². The van der Waals surface area contributed by atoms with E-state index in [2.05, 4.69) is 20.8 Å². The summed E-state index contributed by atoms with van der Waals surface area (Å²) in [5.74, 6) is 2.33. The summed E-state index contributed by atoms with van der Waals surface area (Å²) in [6.07, 6.45) is 0. The first kappa shape index (κ1) is 18.9. The Hall–Kier alpha value is -3.47. The number of hydrogen-bond acceptors (Lipinski definition) is 9. The zero-order valence-electron chi connectivity index (χ0n) is 15.6. The van der Waals surface area contributed by atoms with Crippen molar-refractivity contribution in [3.63, 3.8) is 0 Å². The van der Waals surface area contributed by atoms with Gasteiger partial charge in [0.05, 0.1) is 25.7 Å². The predicted octanol–water partition coefficient (Wildman–Crippen LogP) is 2.14. The van der Waals surface area contributed by atoms with Gasteiger partial charge in [0, 0.05) is 17.8 Å². The lowest BCUT2D eigenvalue weighted by atomic mass is 10.2. The summed E-state index contributed by atoms with van der Waals surface area (Å²) in [7, 11) is 3.09. The SMILES string of the molecule is COc1ccc(NC(=O)CSc2nnnn2-c2ccc3c(c2)OCO3)cc1OC. The molecule has 4 rings (SSSR count). The number of benzene rings is 2. The molecule has 1 amide bonds. The number of thioether (sulfide) groups is 1. The molecule has 3 aromatic rings. The molecule has 2 aromatic carbocycles. The predicted molar refractivity (Wildman–Crippen MR) is 104 cm³/mol. The van der Waals surface area contributed by atoms with Gasteiger partial charge in [-0.15, -0.1) is 5.10 Å². The molecule has 29 heavy (non-hydrogen) atoms. The quantitative estimate of drug-likeness (QED) is 0.580. The molecule has 11 heteroatoms. The van der Waals surface area contributed by atoms with Crippen LogP contribution in [-0.4, -0.2) is 52.9 Å². The lowest BCUT2D eigenvalue weighted by Crippen LogP contribution is -2.14. The number of tetrazole rings is 1. The summed E-state index contributed by atoms with van der Waals surface area (Å²) in [6.45, 7) is 0.187. The van der Waals surface area contributed by atoms with Gasteiger partial charge in [-0.25, -0.2) is 0 Å². The highest BCUT2D eigenvalue weighted by molar-refractivity contribution is 7.99. The molecule has 1 aliphatic heterocycles. The second-order valence-electron chi connectivity index (χ2n) is 5.82. The molecule has 10 nitrogen and oxygen atoms in total. The standard InChI is InChI=1S/C18H17N5O5S/c1-25-13-5-3-11(7-15(13)26-2)19-17(24)9-29-18-20-21-22-23(18)12-4-6-14-16(8-12)28-10-27-14/h3-8H,9-10H2,1-2H3,(H,19,24). The highest BCUT2D eigenvalue weighted by Gasteiger charge is 2.17. The molecule has 150 valence electrons. The van der Waals surface area contributed by atoms with Crippen LogP contribution < -0.4 is 24.3 Å². The minimum atomic E-state index is -0.206. The van der Waals surface area contributed by atoms with Crippen LogP contribution in [0, 0.1) is 0 Å². The van der Waals surface area contributed by atoms with Crippen molar-refractivity contribution in [3.05, 3.63) is 36.4 Å². The largest absolute Gasteiger partial charge is 0.493 e. The fraction of sp³-hybridized carbons (Fsp3) is 0.222. The van der Waals surface area contributed by atoms with E-state index in [1.54, 1.807) is 37.4 Å². The third kappa shape index (κ3) is 4.04. The molecule has 0 saturated carbocycles. The third-order valence-corrected chi connectivity index (χ3v) is 4.96. The number of nitrogens with one attached hydrogen (secondary N) is 1. The maximum Gasteiger partial charge on any atom is 0.234 e. The van der Waals surface area contributed by atoms with Crippen LogP contribution >= 0.6 is 11.8 Å². The van der Waals surface area contributed by atoms with Crippen molar-refractivity contribution in [1.82, 2.24) is 20.2 Å². The van der Waals surface area contributed by atoms with Gasteiger partial charge < -0.3 is 24.3 Å². The van der Waals surface area contributed by atoms with Crippen LogP contribution in [0.3, 0.4) is 0 Å². The molecule has 0 bridgehead atoms. The Morgan fingerprint density at radius 2 is 1.97 bits per heavy atom. The minimum Gasteiger partial charge on any atom is -0.493 e. The van der Waals surface area contributed by atoms with Crippen molar-refractivity contribution in [2.75, 3.05) is 32.1 Å². The normalized spacial score (nSPS) is 11.9. The molecule has 1 aromatic heterocycles. The van der Waals surface area contributed by atoms with Gasteiger partial charge in [-0.1, -0.05) is 11.8 Å². The van der Waals surface area contributed by atoms with Crippen LogP contribution in [0.4, 0.5) is 5.69 Å². The van der Waals surface area contributed by atoms with E-state index in [0.29, 0.717) is 39.5 Å². The van der Waals surface area contributed by atoms with Gasteiger partial charge in [0.25, 0.3) is 0 Å². The molecule has 2 heterocycles. The molecule has 0 atom stereocenters. The van der Waals surface area contributed by atoms with E-state index in [-0.39, 0.29) is 18.5 Å². The highest BCUT2D eigenvalue weighted by Crippen LogP contribution is 2.34. The van der Waals surface area contributed by atoms with Crippen LogP contribution in [0.5, 0.6) is 23.0 Å². The summed E-state index contributed by atoms with van der Waals surface area (Å²) >= 11 is 1.21. The van der Waals surface area contributed by atoms with Crippen molar-refractivity contribution in [2.45, 2.75) is 5.16 Å². The maximum atomic E-state index is 12.3. The van der Waals surface area contributed by atoms with E-state index in [0.717, 1.165) is 0 Å². The topological polar surface area (TPSA) is 110 Å². The number of rotatable bonds is 7. The summed E-state index contributed by atoms with van der Waals surface area (Å²) in [6, 6.07) is 10.5. The average molecular weight is 415 g/mol. The lowest BCUT2D eigenvalue weighted by molar-refractivity contribution is -0.113. The average Bonchev–Trinajstić information content (AvgIpc) is 3.40. The number of methoxy groups -OCH3 is 2. The number of aromatic nitrogens is 4. The molecule has 0 unspecified atom stereocenters. The second kappa shape index (κ2) is 8.27. The zero-order valence-corrected chi connectivity index (χ0v) is 16.4. The Morgan fingerprint density at radius 1 is 1.14 bits per heavy atom. The fourth-order valence-corrected chi connectivity index (χ4v) is 3.38. The molecule has 0 saturated heterocycles. The maximum absolute atomic E-state index is 12.3. The monoisotopic (exact) mass is 415 g/mol. The number of ether oxygens (including phenoxy) is 4. The van der Waals surface area contributed by atoms with Crippen molar-refractivity contribution in [2.24, 2.45) is 0 Å². The van der Waals surface area contributed by atoms with Crippen LogP contribution in [0.15, 0.2) is 41.6 Å². The van der Waals surface area contributed by atoms with E-state index in [9.17, 15) is 4.79 Å². The van der Waals surface area contributed by atoms with E-state index in [1.807, 2.05) is 6.07 Å². The smallest absolute Gasteiger partial charge is 0.234 e. The molecular weight excluding hydrogens is 398 g/mol. The van der Waals surface area contributed by atoms with E-state index in [1.165, 1.54) is 23.6 Å². The van der Waals surface area contributed by atoms with Crippen molar-refractivity contribution >= 4 is 23.4 Å². The van der Waals surface area contributed by atoms with E-state index < -0.39 is 0 Å². The van der Waals surface area contributed by atoms with Gasteiger partial charge in [-0.05, 0) is 34.7 Å². The number of amides is 1.